The van der Waals surface area contributed by atoms with Gasteiger partial charge in [-0.2, -0.15) is 5.10 Å². The minimum absolute atomic E-state index is 0.0310. The van der Waals surface area contributed by atoms with Gasteiger partial charge in [0.2, 0.25) is 5.91 Å². The van der Waals surface area contributed by atoms with Crippen LogP contribution in [-0.2, 0) is 4.79 Å². The van der Waals surface area contributed by atoms with Crippen LogP contribution in [0.2, 0.25) is 0 Å². The van der Waals surface area contributed by atoms with E-state index in [1.165, 1.54) is 17.8 Å². The summed E-state index contributed by atoms with van der Waals surface area (Å²) in [5.41, 5.74) is 5.28. The molecular weight excluding hydrogens is 363 g/mol. The molecule has 2 N–H and O–H groups in total. The van der Waals surface area contributed by atoms with Gasteiger partial charge in [-0.3, -0.25) is 10.2 Å². The first-order valence-corrected chi connectivity index (χ1v) is 9.52. The summed E-state index contributed by atoms with van der Waals surface area (Å²) in [7, 11) is 0. The highest BCUT2D eigenvalue weighted by Gasteiger charge is 2.21. The number of nitrogens with one attached hydrogen (secondary N) is 2. The van der Waals surface area contributed by atoms with Gasteiger partial charge in [-0.05, 0) is 29.8 Å². The van der Waals surface area contributed by atoms with Crippen LogP contribution in [0, 0.1) is 11.2 Å². The Labute approximate surface area is 162 Å². The molecule has 0 spiro atoms. The first kappa shape index (κ1) is 19.1. The van der Waals surface area contributed by atoms with E-state index in [9.17, 15) is 9.18 Å². The predicted molar refractivity (Wildman–Crippen MR) is 110 cm³/mol. The van der Waals surface area contributed by atoms with Gasteiger partial charge in [-0.25, -0.2) is 9.38 Å². The summed E-state index contributed by atoms with van der Waals surface area (Å²) in [5.74, 6) is 0.222. The Morgan fingerprint density at radius 1 is 1.19 bits per heavy atom. The smallest absolute Gasteiger partial charge is 0.229 e. The summed E-state index contributed by atoms with van der Waals surface area (Å²) in [4.78, 5) is 16.3. The van der Waals surface area contributed by atoms with Gasteiger partial charge in [0.15, 0.2) is 5.17 Å². The Balaban J connectivity index is 1.67. The number of aliphatic imine (C=N–C) groups is 1. The van der Waals surface area contributed by atoms with Crippen LogP contribution in [0.25, 0.3) is 0 Å². The Kier molecular flexibility index (Phi) is 5.60. The first-order chi connectivity index (χ1) is 12.8. The van der Waals surface area contributed by atoms with Crippen LogP contribution < -0.4 is 10.7 Å². The molecule has 3 rings (SSSR count). The molecule has 1 aliphatic heterocycles. The van der Waals surface area contributed by atoms with Gasteiger partial charge < -0.3 is 5.32 Å². The fraction of sp³-hybridized carbons (Fsp3) is 0.250. The number of anilines is 1. The lowest BCUT2D eigenvalue weighted by Crippen LogP contribution is -2.27. The second-order valence-corrected chi connectivity index (χ2v) is 8.07. The maximum Gasteiger partial charge on any atom is 0.229 e. The molecule has 0 radical (unpaired) electrons. The minimum atomic E-state index is -0.444. The number of carbonyl (C=O) groups is 1. The lowest BCUT2D eigenvalue weighted by molar-refractivity contribution is -0.123. The zero-order chi connectivity index (χ0) is 19.4. The number of hydrogen-bond donors (Lipinski definition) is 2. The van der Waals surface area contributed by atoms with Crippen molar-refractivity contribution >= 4 is 39.9 Å². The maximum absolute atomic E-state index is 13.7. The normalized spacial score (nSPS) is 15.9. The van der Waals surface area contributed by atoms with Crippen LogP contribution in [0.3, 0.4) is 0 Å². The summed E-state index contributed by atoms with van der Waals surface area (Å²) >= 11 is 1.46. The third-order valence-corrected chi connectivity index (χ3v) is 4.74. The number of para-hydroxylation sites is 1. The van der Waals surface area contributed by atoms with Gasteiger partial charge in [0.05, 0.1) is 5.71 Å². The second-order valence-electron chi connectivity index (χ2n) is 7.11. The zero-order valence-corrected chi connectivity index (χ0v) is 16.2. The molecule has 2 aromatic carbocycles. The zero-order valence-electron chi connectivity index (χ0n) is 15.4. The second kappa shape index (κ2) is 7.92. The molecule has 0 saturated carbocycles. The fourth-order valence-corrected chi connectivity index (χ4v) is 3.02. The third-order valence-electron chi connectivity index (χ3n) is 3.86. The Hall–Kier alpha value is -2.67. The quantitative estimate of drug-likeness (QED) is 0.817. The lowest BCUT2D eigenvalue weighted by atomic mass is 9.95. The van der Waals surface area contributed by atoms with E-state index in [-0.39, 0.29) is 17.4 Å². The molecule has 0 saturated heterocycles. The lowest BCUT2D eigenvalue weighted by Gasteiger charge is -2.18. The number of nitrogens with zero attached hydrogens (tertiary/aromatic N) is 2. The highest BCUT2D eigenvalue weighted by Crippen LogP contribution is 2.22. The summed E-state index contributed by atoms with van der Waals surface area (Å²) in [6, 6.07) is 13.9. The molecule has 0 fully saturated rings. The molecule has 140 valence electrons. The number of carbonyl (C=O) groups excluding carboxylic acids is 1. The van der Waals surface area contributed by atoms with Gasteiger partial charge in [-0.1, -0.05) is 56.8 Å². The van der Waals surface area contributed by atoms with Crippen molar-refractivity contribution in [3.63, 3.8) is 0 Å². The number of hydrogen-bond acceptors (Lipinski definition) is 4. The molecule has 7 heteroatoms. The van der Waals surface area contributed by atoms with E-state index in [2.05, 4.69) is 20.8 Å². The molecule has 0 aromatic heterocycles. The van der Waals surface area contributed by atoms with Crippen molar-refractivity contribution < 1.29 is 9.18 Å². The summed E-state index contributed by atoms with van der Waals surface area (Å²) in [6.45, 7) is 5.62. The van der Waals surface area contributed by atoms with Gasteiger partial charge in [0, 0.05) is 16.9 Å². The monoisotopic (exact) mass is 384 g/mol. The number of benzene rings is 2. The predicted octanol–water partition coefficient (Wildman–Crippen LogP) is 4.54. The van der Waals surface area contributed by atoms with E-state index < -0.39 is 5.41 Å². The maximum atomic E-state index is 13.7. The van der Waals surface area contributed by atoms with Crippen LogP contribution >= 0.6 is 11.8 Å². The van der Waals surface area contributed by atoms with E-state index in [0.717, 1.165) is 17.0 Å². The van der Waals surface area contributed by atoms with Crippen LogP contribution in [0.5, 0.6) is 0 Å². The average molecular weight is 384 g/mol. The van der Waals surface area contributed by atoms with Crippen molar-refractivity contribution in [2.45, 2.75) is 20.8 Å². The van der Waals surface area contributed by atoms with E-state index in [4.69, 9.17) is 0 Å². The molecule has 1 heterocycles. The molecule has 0 bridgehead atoms. The van der Waals surface area contributed by atoms with E-state index in [1.54, 1.807) is 18.2 Å². The number of amides is 1. The Morgan fingerprint density at radius 2 is 1.89 bits per heavy atom. The van der Waals surface area contributed by atoms with Gasteiger partial charge in [0.25, 0.3) is 0 Å². The minimum Gasteiger partial charge on any atom is -0.326 e. The molecule has 5 nitrogen and oxygen atoms in total. The summed E-state index contributed by atoms with van der Waals surface area (Å²) in [6.07, 6.45) is 0. The van der Waals surface area contributed by atoms with E-state index in [1.807, 2.05) is 45.0 Å². The van der Waals surface area contributed by atoms with Crippen molar-refractivity contribution in [2.75, 3.05) is 11.1 Å². The number of amidine groups is 1. The molecule has 27 heavy (non-hydrogen) atoms. The molecule has 2 aromatic rings. The molecule has 1 aliphatic rings. The molecule has 0 atom stereocenters. The average Bonchev–Trinajstić information content (AvgIpc) is 2.64. The van der Waals surface area contributed by atoms with Gasteiger partial charge in [-0.15, -0.1) is 0 Å². The number of halogens is 1. The molecule has 0 unspecified atom stereocenters. The first-order valence-electron chi connectivity index (χ1n) is 8.53. The Morgan fingerprint density at radius 3 is 2.48 bits per heavy atom. The number of thioether (sulfide) groups is 1. The van der Waals surface area contributed by atoms with Crippen molar-refractivity contribution in [1.29, 1.82) is 0 Å². The summed E-state index contributed by atoms with van der Waals surface area (Å²) < 4.78 is 13.7. The topological polar surface area (TPSA) is 65.8 Å². The van der Waals surface area contributed by atoms with Crippen molar-refractivity contribution in [3.05, 3.63) is 59.9 Å². The molecular formula is C20H21FN4OS. The Bertz CT molecular complexity index is 901. The van der Waals surface area contributed by atoms with Crippen molar-refractivity contribution in [3.8, 4) is 0 Å². The molecule has 0 aliphatic carbocycles. The number of hydrazone groups is 1. The van der Waals surface area contributed by atoms with Crippen molar-refractivity contribution in [2.24, 2.45) is 15.5 Å². The third kappa shape index (κ3) is 4.95. The molecule has 1 amide bonds. The standard InChI is InChI=1S/C20H21FN4OS/c1-20(2,3)18(26)22-14-10-8-13(9-11-14)17-12-27-19(25-24-17)23-16-7-5-4-6-15(16)21/h4-11H,12H2,1-3H3,(H,22,26)(H,23,25). The SMILES string of the molecule is CC(C)(C)C(=O)Nc1ccc(C2=NNC(=Nc3ccccc3F)SC2)cc1. The van der Waals surface area contributed by atoms with Crippen molar-refractivity contribution in [1.82, 2.24) is 5.43 Å². The van der Waals surface area contributed by atoms with Gasteiger partial charge >= 0.3 is 0 Å². The van der Waals surface area contributed by atoms with Crippen LogP contribution in [0.15, 0.2) is 58.6 Å². The summed E-state index contributed by atoms with van der Waals surface area (Å²) in [5, 5.41) is 7.79. The van der Waals surface area contributed by atoms with E-state index in [0.29, 0.717) is 10.9 Å². The van der Waals surface area contributed by atoms with Crippen LogP contribution in [0.4, 0.5) is 15.8 Å². The van der Waals surface area contributed by atoms with Crippen LogP contribution in [-0.4, -0.2) is 22.5 Å². The fourth-order valence-electron chi connectivity index (χ4n) is 2.24. The highest BCUT2D eigenvalue weighted by atomic mass is 32.2. The number of rotatable bonds is 3. The van der Waals surface area contributed by atoms with Crippen LogP contribution in [0.1, 0.15) is 26.3 Å². The van der Waals surface area contributed by atoms with E-state index >= 15 is 0 Å². The largest absolute Gasteiger partial charge is 0.326 e. The van der Waals surface area contributed by atoms with Gasteiger partial charge in [0.1, 0.15) is 11.5 Å². The highest BCUT2D eigenvalue weighted by molar-refractivity contribution is 8.14.